The van der Waals surface area contributed by atoms with Crippen LogP contribution >= 0.6 is 0 Å². The third-order valence-electron chi connectivity index (χ3n) is 2.96. The normalized spacial score (nSPS) is 11.2. The SMILES string of the molecule is CCCCCCN=C(N)Nc1cc(OC)ccc1OC. The van der Waals surface area contributed by atoms with E-state index in [1.807, 2.05) is 18.2 Å². The van der Waals surface area contributed by atoms with Gasteiger partial charge < -0.3 is 20.5 Å². The third kappa shape index (κ3) is 5.38. The maximum atomic E-state index is 5.88. The number of anilines is 1. The minimum atomic E-state index is 0.396. The fourth-order valence-electron chi connectivity index (χ4n) is 1.83. The molecule has 5 heteroatoms. The van der Waals surface area contributed by atoms with E-state index in [0.717, 1.165) is 24.4 Å². The molecule has 0 radical (unpaired) electrons. The minimum Gasteiger partial charge on any atom is -0.497 e. The first-order valence-corrected chi connectivity index (χ1v) is 7.00. The summed E-state index contributed by atoms with van der Waals surface area (Å²) >= 11 is 0. The Morgan fingerprint density at radius 2 is 2.00 bits per heavy atom. The molecule has 20 heavy (non-hydrogen) atoms. The Labute approximate surface area is 121 Å². The van der Waals surface area contributed by atoms with Crippen molar-refractivity contribution < 1.29 is 9.47 Å². The van der Waals surface area contributed by atoms with Crippen LogP contribution in [0.3, 0.4) is 0 Å². The van der Waals surface area contributed by atoms with Crippen LogP contribution in [0.2, 0.25) is 0 Å². The first-order chi connectivity index (χ1) is 9.71. The van der Waals surface area contributed by atoms with E-state index >= 15 is 0 Å². The molecule has 5 nitrogen and oxygen atoms in total. The standard InChI is InChI=1S/C15H25N3O2/c1-4-5-6-7-10-17-15(16)18-13-11-12(19-2)8-9-14(13)20-3/h8-9,11H,4-7,10H2,1-3H3,(H3,16,17,18). The molecule has 0 bridgehead atoms. The van der Waals surface area contributed by atoms with Crippen molar-refractivity contribution >= 4 is 11.6 Å². The molecule has 0 aliphatic carbocycles. The van der Waals surface area contributed by atoms with Gasteiger partial charge in [0.1, 0.15) is 11.5 Å². The van der Waals surface area contributed by atoms with Crippen LogP contribution in [0, 0.1) is 0 Å². The first kappa shape index (κ1) is 16.1. The van der Waals surface area contributed by atoms with Gasteiger partial charge in [-0.05, 0) is 18.6 Å². The number of hydrogen-bond acceptors (Lipinski definition) is 3. The van der Waals surface area contributed by atoms with Gasteiger partial charge in [-0.25, -0.2) is 0 Å². The first-order valence-electron chi connectivity index (χ1n) is 7.00. The van der Waals surface area contributed by atoms with Crippen LogP contribution in [0.15, 0.2) is 23.2 Å². The Hall–Kier alpha value is -1.91. The second-order valence-corrected chi connectivity index (χ2v) is 4.52. The number of benzene rings is 1. The van der Waals surface area contributed by atoms with Crippen molar-refractivity contribution in [2.45, 2.75) is 32.6 Å². The highest BCUT2D eigenvalue weighted by Crippen LogP contribution is 2.28. The summed E-state index contributed by atoms with van der Waals surface area (Å²) in [6.07, 6.45) is 4.71. The predicted octanol–water partition coefficient (Wildman–Crippen LogP) is 3.01. The van der Waals surface area contributed by atoms with E-state index in [1.54, 1.807) is 14.2 Å². The number of unbranched alkanes of at least 4 members (excludes halogenated alkanes) is 3. The number of aliphatic imine (C=N–C) groups is 1. The molecule has 3 N–H and O–H groups in total. The molecule has 1 rings (SSSR count). The van der Waals surface area contributed by atoms with E-state index in [-0.39, 0.29) is 0 Å². The highest BCUT2D eigenvalue weighted by Gasteiger charge is 2.05. The van der Waals surface area contributed by atoms with Gasteiger partial charge in [-0.1, -0.05) is 26.2 Å². The molecule has 0 unspecified atom stereocenters. The summed E-state index contributed by atoms with van der Waals surface area (Å²) in [7, 11) is 3.24. The van der Waals surface area contributed by atoms with Crippen molar-refractivity contribution in [1.29, 1.82) is 0 Å². The third-order valence-corrected chi connectivity index (χ3v) is 2.96. The van der Waals surface area contributed by atoms with E-state index in [4.69, 9.17) is 15.2 Å². The van der Waals surface area contributed by atoms with Gasteiger partial charge in [0.05, 0.1) is 19.9 Å². The number of nitrogens with two attached hydrogens (primary N) is 1. The van der Waals surface area contributed by atoms with Crippen LogP contribution in [-0.4, -0.2) is 26.7 Å². The lowest BCUT2D eigenvalue weighted by Gasteiger charge is -2.12. The molecule has 0 amide bonds. The van der Waals surface area contributed by atoms with Gasteiger partial charge in [-0.15, -0.1) is 0 Å². The van der Waals surface area contributed by atoms with Crippen LogP contribution in [0.1, 0.15) is 32.6 Å². The summed E-state index contributed by atoms with van der Waals surface area (Å²) in [5.74, 6) is 1.84. The van der Waals surface area contributed by atoms with E-state index in [0.29, 0.717) is 11.7 Å². The fraction of sp³-hybridized carbons (Fsp3) is 0.533. The van der Waals surface area contributed by atoms with Crippen LogP contribution in [0.25, 0.3) is 0 Å². The van der Waals surface area contributed by atoms with Crippen LogP contribution in [0.4, 0.5) is 5.69 Å². The van der Waals surface area contributed by atoms with Crippen LogP contribution in [0.5, 0.6) is 11.5 Å². The van der Waals surface area contributed by atoms with Gasteiger partial charge in [0.25, 0.3) is 0 Å². The molecule has 0 saturated carbocycles. The zero-order valence-electron chi connectivity index (χ0n) is 12.6. The summed E-state index contributed by atoms with van der Waals surface area (Å²) in [6.45, 7) is 2.93. The largest absolute Gasteiger partial charge is 0.497 e. The summed E-state index contributed by atoms with van der Waals surface area (Å²) in [5.41, 5.74) is 6.63. The van der Waals surface area contributed by atoms with Crippen molar-refractivity contribution in [2.75, 3.05) is 26.1 Å². The Morgan fingerprint density at radius 1 is 1.20 bits per heavy atom. The number of methoxy groups -OCH3 is 2. The Balaban J connectivity index is 2.59. The van der Waals surface area contributed by atoms with Gasteiger partial charge >= 0.3 is 0 Å². The molecule has 0 aliphatic heterocycles. The van der Waals surface area contributed by atoms with Crippen molar-refractivity contribution in [1.82, 2.24) is 0 Å². The Bertz CT molecular complexity index is 433. The molecule has 0 spiro atoms. The lowest BCUT2D eigenvalue weighted by atomic mass is 10.2. The van der Waals surface area contributed by atoms with Crippen molar-refractivity contribution in [2.24, 2.45) is 10.7 Å². The van der Waals surface area contributed by atoms with Gasteiger partial charge in [-0.3, -0.25) is 4.99 Å². The van der Waals surface area contributed by atoms with Gasteiger partial charge in [0.15, 0.2) is 5.96 Å². The highest BCUT2D eigenvalue weighted by molar-refractivity contribution is 5.93. The number of guanidine groups is 1. The quantitative estimate of drug-likeness (QED) is 0.436. The van der Waals surface area contributed by atoms with Crippen LogP contribution in [-0.2, 0) is 0 Å². The van der Waals surface area contributed by atoms with Crippen molar-refractivity contribution in [3.05, 3.63) is 18.2 Å². The summed E-state index contributed by atoms with van der Waals surface area (Å²) < 4.78 is 10.5. The minimum absolute atomic E-state index is 0.396. The molecule has 0 atom stereocenters. The topological polar surface area (TPSA) is 68.9 Å². The molecule has 1 aromatic carbocycles. The molecular formula is C15H25N3O2. The average molecular weight is 279 g/mol. The molecule has 0 fully saturated rings. The number of nitrogens with one attached hydrogen (secondary N) is 1. The molecule has 0 heterocycles. The number of rotatable bonds is 8. The molecule has 1 aromatic rings. The van der Waals surface area contributed by atoms with E-state index < -0.39 is 0 Å². The zero-order chi connectivity index (χ0) is 14.8. The van der Waals surface area contributed by atoms with Gasteiger partial charge in [0.2, 0.25) is 0 Å². The second-order valence-electron chi connectivity index (χ2n) is 4.52. The van der Waals surface area contributed by atoms with Gasteiger partial charge in [0, 0.05) is 12.6 Å². The van der Waals surface area contributed by atoms with E-state index in [9.17, 15) is 0 Å². The average Bonchev–Trinajstić information content (AvgIpc) is 2.47. The van der Waals surface area contributed by atoms with E-state index in [2.05, 4.69) is 17.2 Å². The number of ether oxygens (including phenoxy) is 2. The second kappa shape index (κ2) is 9.07. The van der Waals surface area contributed by atoms with Crippen molar-refractivity contribution in [3.63, 3.8) is 0 Å². The predicted molar refractivity (Wildman–Crippen MR) is 83.8 cm³/mol. The van der Waals surface area contributed by atoms with Crippen LogP contribution < -0.4 is 20.5 Å². The molecule has 112 valence electrons. The Morgan fingerprint density at radius 3 is 2.65 bits per heavy atom. The van der Waals surface area contributed by atoms with Gasteiger partial charge in [-0.2, -0.15) is 0 Å². The Kier molecular flexibility index (Phi) is 7.32. The lowest BCUT2D eigenvalue weighted by Crippen LogP contribution is -2.23. The number of nitrogens with zero attached hydrogens (tertiary/aromatic N) is 1. The summed E-state index contributed by atoms with van der Waals surface area (Å²) in [6, 6.07) is 5.50. The molecule has 0 aliphatic rings. The smallest absolute Gasteiger partial charge is 0.193 e. The fourth-order valence-corrected chi connectivity index (χ4v) is 1.83. The summed E-state index contributed by atoms with van der Waals surface area (Å²) in [4.78, 5) is 4.31. The van der Waals surface area contributed by atoms with E-state index in [1.165, 1.54) is 19.3 Å². The monoisotopic (exact) mass is 279 g/mol. The van der Waals surface area contributed by atoms with Crippen molar-refractivity contribution in [3.8, 4) is 11.5 Å². The zero-order valence-corrected chi connectivity index (χ0v) is 12.6. The summed E-state index contributed by atoms with van der Waals surface area (Å²) in [5, 5.41) is 3.05. The highest BCUT2D eigenvalue weighted by atomic mass is 16.5. The molecule has 0 aromatic heterocycles. The lowest BCUT2D eigenvalue weighted by molar-refractivity contribution is 0.405. The molecular weight excluding hydrogens is 254 g/mol. The maximum Gasteiger partial charge on any atom is 0.193 e. The number of hydrogen-bond donors (Lipinski definition) is 2. The molecule has 0 saturated heterocycles. The maximum absolute atomic E-state index is 5.88.